The molecule has 0 bridgehead atoms. The second-order valence-electron chi connectivity index (χ2n) is 10.2. The Bertz CT molecular complexity index is 652. The van der Waals surface area contributed by atoms with Crippen molar-refractivity contribution in [1.82, 2.24) is 0 Å². The second kappa shape index (κ2) is 13.7. The molecule has 0 aromatic carbocycles. The van der Waals surface area contributed by atoms with E-state index in [2.05, 4.69) is 4.74 Å². The van der Waals surface area contributed by atoms with Crippen LogP contribution in [0.15, 0.2) is 0 Å². The summed E-state index contributed by atoms with van der Waals surface area (Å²) in [4.78, 5) is 23.2. The number of esters is 2. The molecule has 0 saturated carbocycles. The summed E-state index contributed by atoms with van der Waals surface area (Å²) in [6, 6.07) is 0. The van der Waals surface area contributed by atoms with Crippen molar-refractivity contribution >= 4 is 11.9 Å². The maximum Gasteiger partial charge on any atom is 0.425 e. The van der Waals surface area contributed by atoms with E-state index in [1.165, 1.54) is 0 Å². The number of hydrogen-bond donors (Lipinski definition) is 1. The molecular weight excluding hydrogens is 482 g/mol. The van der Waals surface area contributed by atoms with Crippen molar-refractivity contribution in [2.45, 2.75) is 126 Å². The third-order valence-electron chi connectivity index (χ3n) is 5.83. The Balaban J connectivity index is -0.000000603. The lowest BCUT2D eigenvalue weighted by molar-refractivity contribution is -0.263. The highest BCUT2D eigenvalue weighted by Gasteiger charge is 2.52. The summed E-state index contributed by atoms with van der Waals surface area (Å²) in [5, 5.41) is 9.53. The first-order chi connectivity index (χ1) is 14.9. The lowest BCUT2D eigenvalue weighted by Crippen LogP contribution is -2.47. The molecule has 0 aromatic rings. The largest absolute Gasteiger partial charge is 0.462 e. The number of halogens is 6. The van der Waals surface area contributed by atoms with Crippen LogP contribution in [0.4, 0.5) is 26.3 Å². The topological polar surface area (TPSA) is 72.8 Å². The summed E-state index contributed by atoms with van der Waals surface area (Å²) < 4.78 is 83.7. The predicted octanol–water partition coefficient (Wildman–Crippen LogP) is 7.25. The van der Waals surface area contributed by atoms with E-state index in [0.717, 1.165) is 6.92 Å². The van der Waals surface area contributed by atoms with Crippen LogP contribution in [0.3, 0.4) is 0 Å². The number of alkyl halides is 6. The molecule has 0 aliphatic carbocycles. The maximum atomic E-state index is 12.7. The van der Waals surface area contributed by atoms with Gasteiger partial charge in [0.15, 0.2) is 11.7 Å². The van der Waals surface area contributed by atoms with E-state index < -0.39 is 59.4 Å². The maximum absolute atomic E-state index is 12.7. The third-order valence-corrected chi connectivity index (χ3v) is 5.83. The van der Waals surface area contributed by atoms with Crippen molar-refractivity contribution in [2.24, 2.45) is 16.7 Å². The smallest absolute Gasteiger partial charge is 0.425 e. The molecule has 0 amide bonds. The van der Waals surface area contributed by atoms with Crippen LogP contribution in [0.1, 0.15) is 95.9 Å². The number of ether oxygens (including phenoxy) is 2. The molecule has 0 aliphatic rings. The van der Waals surface area contributed by atoms with E-state index in [1.807, 2.05) is 0 Å². The van der Waals surface area contributed by atoms with E-state index in [0.29, 0.717) is 19.8 Å². The van der Waals surface area contributed by atoms with Gasteiger partial charge in [-0.3, -0.25) is 9.59 Å². The van der Waals surface area contributed by atoms with Gasteiger partial charge in [-0.25, -0.2) is 0 Å². The van der Waals surface area contributed by atoms with Crippen LogP contribution in [-0.2, 0) is 19.1 Å². The van der Waals surface area contributed by atoms with Gasteiger partial charge in [0.05, 0.1) is 10.8 Å². The molecule has 0 rings (SSSR count). The number of rotatable bonds is 9. The first-order valence-electron chi connectivity index (χ1n) is 11.1. The minimum absolute atomic E-state index is 0. The lowest BCUT2D eigenvalue weighted by atomic mass is 9.89. The van der Waals surface area contributed by atoms with Gasteiger partial charge in [0.25, 0.3) is 0 Å². The molecule has 3 atom stereocenters. The highest BCUT2D eigenvalue weighted by Crippen LogP contribution is 2.36. The number of hydrogen-bond acceptors (Lipinski definition) is 5. The monoisotopic (exact) mass is 526 g/mol. The van der Waals surface area contributed by atoms with Crippen molar-refractivity contribution < 1.29 is 50.5 Å². The summed E-state index contributed by atoms with van der Waals surface area (Å²) in [6.07, 6.45) is -12.0. The van der Waals surface area contributed by atoms with Crippen molar-refractivity contribution in [3.05, 3.63) is 0 Å². The zero-order valence-electron chi connectivity index (χ0n) is 21.7. The Hall–Kier alpha value is -1.52. The van der Waals surface area contributed by atoms with Crippen molar-refractivity contribution in [3.8, 4) is 0 Å². The molecule has 11 heteroatoms. The zero-order chi connectivity index (χ0) is 27.9. The minimum Gasteiger partial charge on any atom is -0.462 e. The van der Waals surface area contributed by atoms with Crippen LogP contribution in [0.5, 0.6) is 0 Å². The zero-order valence-corrected chi connectivity index (χ0v) is 21.7. The fourth-order valence-electron chi connectivity index (χ4n) is 1.89. The number of carbonyl (C=O) groups is 2. The van der Waals surface area contributed by atoms with E-state index in [-0.39, 0.29) is 13.3 Å². The van der Waals surface area contributed by atoms with E-state index in [9.17, 15) is 41.0 Å². The molecule has 0 radical (unpaired) electrons. The average molecular weight is 527 g/mol. The van der Waals surface area contributed by atoms with Gasteiger partial charge in [-0.05, 0) is 60.3 Å². The first kappa shape index (κ1) is 38.0. The second-order valence-corrected chi connectivity index (χ2v) is 10.2. The van der Waals surface area contributed by atoms with Crippen LogP contribution in [-0.4, -0.2) is 47.2 Å². The van der Waals surface area contributed by atoms with Crippen LogP contribution in [0, 0.1) is 16.7 Å². The summed E-state index contributed by atoms with van der Waals surface area (Å²) in [5.41, 5.74) is -4.49. The third kappa shape index (κ3) is 12.8. The Labute approximate surface area is 205 Å². The van der Waals surface area contributed by atoms with E-state index in [4.69, 9.17) is 4.74 Å². The van der Waals surface area contributed by atoms with Crippen LogP contribution in [0.25, 0.3) is 0 Å². The molecule has 0 aliphatic heterocycles. The first-order valence-corrected chi connectivity index (χ1v) is 11.1. The van der Waals surface area contributed by atoms with Gasteiger partial charge in [-0.1, -0.05) is 35.1 Å². The van der Waals surface area contributed by atoms with E-state index >= 15 is 0 Å². The normalized spacial score (nSPS) is 16.2. The van der Waals surface area contributed by atoms with Gasteiger partial charge in [-0.15, -0.1) is 0 Å². The Morgan fingerprint density at radius 1 is 0.771 bits per heavy atom. The van der Waals surface area contributed by atoms with Crippen molar-refractivity contribution in [3.63, 3.8) is 0 Å². The summed E-state index contributed by atoms with van der Waals surface area (Å²) >= 11 is 0. The highest BCUT2D eigenvalue weighted by molar-refractivity contribution is 5.76. The van der Waals surface area contributed by atoms with Crippen LogP contribution >= 0.6 is 0 Å². The number of carbonyl (C=O) groups excluding carboxylic acids is 2. The average Bonchev–Trinajstić information content (AvgIpc) is 2.65. The molecule has 0 aromatic heterocycles. The highest BCUT2D eigenvalue weighted by atomic mass is 19.4. The fraction of sp³-hybridized carbons (Fsp3) is 0.917. The molecule has 0 fully saturated rings. The van der Waals surface area contributed by atoms with Gasteiger partial charge in [0.1, 0.15) is 6.10 Å². The predicted molar refractivity (Wildman–Crippen MR) is 122 cm³/mol. The van der Waals surface area contributed by atoms with E-state index in [1.54, 1.807) is 55.4 Å². The number of aliphatic hydroxyl groups is 1. The van der Waals surface area contributed by atoms with Crippen molar-refractivity contribution in [1.29, 1.82) is 0 Å². The minimum atomic E-state index is -4.76. The molecule has 5 nitrogen and oxygen atoms in total. The van der Waals surface area contributed by atoms with Gasteiger partial charge in [-0.2, -0.15) is 26.3 Å². The summed E-state index contributed by atoms with van der Waals surface area (Å²) in [7, 11) is 0. The Kier molecular flexibility index (Phi) is 14.9. The van der Waals surface area contributed by atoms with Crippen LogP contribution < -0.4 is 0 Å². The summed E-state index contributed by atoms with van der Waals surface area (Å²) in [5.74, 6) is -1.68. The van der Waals surface area contributed by atoms with Gasteiger partial charge in [0, 0.05) is 6.42 Å². The van der Waals surface area contributed by atoms with Gasteiger partial charge < -0.3 is 14.6 Å². The fourth-order valence-corrected chi connectivity index (χ4v) is 1.89. The lowest BCUT2D eigenvalue weighted by Gasteiger charge is -2.33. The molecule has 3 unspecified atom stereocenters. The summed E-state index contributed by atoms with van der Waals surface area (Å²) in [6.45, 7) is 14.8. The SMILES string of the molecule is C.CCC(C)(C)C(=O)OC(C)C(F)(F)F.CCC(C)(C)C(=O)OC(CC(C)(O)C(F)(F)F)C(C)C. The van der Waals surface area contributed by atoms with Crippen LogP contribution in [0.2, 0.25) is 0 Å². The molecule has 0 heterocycles. The molecule has 1 N–H and O–H groups in total. The van der Waals surface area contributed by atoms with Gasteiger partial charge in [0.2, 0.25) is 0 Å². The standard InChI is InChI=1S/C14H25F3O3.C9H15F3O2.CH4/c1-7-12(4,5)11(18)20-10(9(2)3)8-13(6,19)14(15,16)17;1-5-8(3,4)7(13)14-6(2)9(10,11)12;/h9-10,19H,7-8H2,1-6H3;6H,5H2,1-4H3;1H4. The Morgan fingerprint density at radius 2 is 1.11 bits per heavy atom. The Morgan fingerprint density at radius 3 is 1.37 bits per heavy atom. The quantitative estimate of drug-likeness (QED) is 0.253. The molecular formula is C24H44F6O5. The molecule has 0 saturated heterocycles. The molecule has 0 spiro atoms. The molecule has 35 heavy (non-hydrogen) atoms. The molecule has 212 valence electrons. The van der Waals surface area contributed by atoms with Gasteiger partial charge >= 0.3 is 24.3 Å². The van der Waals surface area contributed by atoms with Crippen molar-refractivity contribution in [2.75, 3.05) is 0 Å².